The highest BCUT2D eigenvalue weighted by Gasteiger charge is 2.52. The Labute approximate surface area is 177 Å². The van der Waals surface area contributed by atoms with Crippen LogP contribution in [0.15, 0.2) is 0 Å². The average Bonchev–Trinajstić information content (AvgIpc) is 2.55. The molecule has 0 amide bonds. The Kier molecular flexibility index (Phi) is 9.92. The van der Waals surface area contributed by atoms with Gasteiger partial charge >= 0.3 is 23.9 Å². The summed E-state index contributed by atoms with van der Waals surface area (Å²) < 4.78 is 32.7. The highest BCUT2D eigenvalue weighted by molar-refractivity contribution is 6.76. The first-order chi connectivity index (χ1) is 13.8. The summed E-state index contributed by atoms with van der Waals surface area (Å²) in [4.78, 5) is 46.4. The van der Waals surface area contributed by atoms with Gasteiger partial charge in [-0.15, -0.1) is 0 Å². The molecule has 11 heteroatoms. The quantitative estimate of drug-likeness (QED) is 0.290. The van der Waals surface area contributed by atoms with Crippen molar-refractivity contribution >= 4 is 32.0 Å². The van der Waals surface area contributed by atoms with Crippen molar-refractivity contribution in [3.63, 3.8) is 0 Å². The van der Waals surface area contributed by atoms with Gasteiger partial charge < -0.3 is 28.4 Å². The van der Waals surface area contributed by atoms with Crippen molar-refractivity contribution in [2.24, 2.45) is 0 Å². The fourth-order valence-corrected chi connectivity index (χ4v) is 3.53. The maximum Gasteiger partial charge on any atom is 0.303 e. The van der Waals surface area contributed by atoms with Gasteiger partial charge in [0.05, 0.1) is 0 Å². The van der Waals surface area contributed by atoms with Crippen molar-refractivity contribution < 1.29 is 47.6 Å². The zero-order chi connectivity index (χ0) is 23.1. The van der Waals surface area contributed by atoms with E-state index in [4.69, 9.17) is 28.4 Å². The van der Waals surface area contributed by atoms with Gasteiger partial charge in [-0.3, -0.25) is 19.2 Å². The van der Waals surface area contributed by atoms with Gasteiger partial charge in [0.15, 0.2) is 24.6 Å². The first-order valence-electron chi connectivity index (χ1n) is 9.72. The van der Waals surface area contributed by atoms with Crippen molar-refractivity contribution in [3.8, 4) is 0 Å². The van der Waals surface area contributed by atoms with E-state index < -0.39 is 62.7 Å². The van der Waals surface area contributed by atoms with E-state index in [1.165, 1.54) is 27.7 Å². The summed E-state index contributed by atoms with van der Waals surface area (Å²) >= 11 is 0. The molecule has 0 spiro atoms. The number of ether oxygens (including phenoxy) is 6. The highest BCUT2D eigenvalue weighted by atomic mass is 28.3. The van der Waals surface area contributed by atoms with Crippen LogP contribution in [0.5, 0.6) is 0 Å². The number of esters is 4. The molecule has 1 heterocycles. The highest BCUT2D eigenvalue weighted by Crippen LogP contribution is 2.30. The first kappa shape index (κ1) is 26.1. The summed E-state index contributed by atoms with van der Waals surface area (Å²) in [6, 6.07) is 0.805. The first-order valence-corrected chi connectivity index (χ1v) is 13.4. The largest absolute Gasteiger partial charge is 0.463 e. The van der Waals surface area contributed by atoms with E-state index in [2.05, 4.69) is 19.6 Å². The third kappa shape index (κ3) is 9.22. The Hall–Kier alpha value is -1.98. The van der Waals surface area contributed by atoms with Gasteiger partial charge in [-0.05, 0) is 6.04 Å². The lowest BCUT2D eigenvalue weighted by molar-refractivity contribution is -0.307. The summed E-state index contributed by atoms with van der Waals surface area (Å²) in [5.74, 6) is -2.57. The maximum absolute atomic E-state index is 11.7. The smallest absolute Gasteiger partial charge is 0.303 e. The third-order valence-electron chi connectivity index (χ3n) is 4.08. The van der Waals surface area contributed by atoms with Crippen LogP contribution >= 0.6 is 0 Å². The molecule has 0 aromatic heterocycles. The molecule has 1 aliphatic heterocycles. The molecular weight excluding hydrogens is 416 g/mol. The summed E-state index contributed by atoms with van der Waals surface area (Å²) in [7, 11) is -1.43. The summed E-state index contributed by atoms with van der Waals surface area (Å²) in [6.45, 7) is 11.3. The molecule has 0 saturated carbocycles. The fourth-order valence-electron chi connectivity index (χ4n) is 2.80. The monoisotopic (exact) mass is 448 g/mol. The molecule has 1 saturated heterocycles. The molecular formula is C19H32O10Si. The van der Waals surface area contributed by atoms with Crippen LogP contribution in [-0.2, 0) is 47.6 Å². The summed E-state index contributed by atoms with van der Waals surface area (Å²) in [6.07, 6.45) is -5.66. The second kappa shape index (κ2) is 11.4. The van der Waals surface area contributed by atoms with Crippen molar-refractivity contribution in [3.05, 3.63) is 0 Å². The second-order valence-electron chi connectivity index (χ2n) is 8.25. The van der Waals surface area contributed by atoms with Gasteiger partial charge in [0, 0.05) is 42.4 Å². The summed E-state index contributed by atoms with van der Waals surface area (Å²) in [5, 5.41) is 0. The van der Waals surface area contributed by atoms with E-state index in [1.807, 2.05) is 0 Å². The average molecular weight is 449 g/mol. The molecule has 30 heavy (non-hydrogen) atoms. The Morgan fingerprint density at radius 1 is 0.767 bits per heavy atom. The van der Waals surface area contributed by atoms with Gasteiger partial charge in [-0.1, -0.05) is 19.6 Å². The van der Waals surface area contributed by atoms with Crippen molar-refractivity contribution in [2.75, 3.05) is 13.2 Å². The van der Waals surface area contributed by atoms with Gasteiger partial charge in [-0.2, -0.15) is 0 Å². The van der Waals surface area contributed by atoms with Crippen LogP contribution in [-0.4, -0.2) is 75.9 Å². The van der Waals surface area contributed by atoms with Crippen LogP contribution in [0.3, 0.4) is 0 Å². The van der Waals surface area contributed by atoms with E-state index in [1.54, 1.807) is 0 Å². The lowest BCUT2D eigenvalue weighted by Gasteiger charge is -2.44. The van der Waals surface area contributed by atoms with Crippen molar-refractivity contribution in [1.29, 1.82) is 0 Å². The maximum atomic E-state index is 11.7. The molecule has 0 aromatic carbocycles. The predicted octanol–water partition coefficient (Wildman–Crippen LogP) is 1.42. The lowest BCUT2D eigenvalue weighted by Crippen LogP contribution is -2.63. The Balaban J connectivity index is 3.22. The molecule has 1 fully saturated rings. The predicted molar refractivity (Wildman–Crippen MR) is 106 cm³/mol. The number of hydrogen-bond acceptors (Lipinski definition) is 10. The van der Waals surface area contributed by atoms with E-state index in [0.717, 1.165) is 6.04 Å². The number of rotatable bonds is 9. The number of carbonyl (C=O) groups is 4. The zero-order valence-electron chi connectivity index (χ0n) is 18.6. The van der Waals surface area contributed by atoms with Crippen molar-refractivity contribution in [2.45, 2.75) is 84.1 Å². The Bertz CT molecular complexity index is 629. The number of carbonyl (C=O) groups excluding carboxylic acids is 4. The van der Waals surface area contributed by atoms with E-state index in [-0.39, 0.29) is 6.61 Å². The molecule has 0 aromatic rings. The molecule has 1 aliphatic rings. The minimum atomic E-state index is -1.43. The molecule has 0 bridgehead atoms. The van der Waals surface area contributed by atoms with Gasteiger partial charge in [0.1, 0.15) is 12.7 Å². The van der Waals surface area contributed by atoms with Crippen molar-refractivity contribution in [1.82, 2.24) is 0 Å². The second-order valence-corrected chi connectivity index (χ2v) is 13.9. The molecule has 172 valence electrons. The van der Waals surface area contributed by atoms with E-state index in [0.29, 0.717) is 6.61 Å². The standard InChI is InChI=1S/C19H32O10Si/c1-11(20)25-10-15-16(26-12(2)21)17(27-13(3)22)18(28-14(4)23)19(29-15)24-8-9-30(5,6)7/h15-19H,8-10H2,1-7H3/t15-,16+,17+,18-,19+/m1/s1. The normalized spacial score (nSPS) is 26.4. The SMILES string of the molecule is CC(=O)OC[C@H]1O[C@H](OCC[Si](C)(C)C)[C@H](OC(C)=O)[C@@H](OC(C)=O)[C@H]1OC(C)=O. The Morgan fingerprint density at radius 2 is 1.27 bits per heavy atom. The molecule has 0 radical (unpaired) electrons. The molecule has 0 N–H and O–H groups in total. The van der Waals surface area contributed by atoms with Gasteiger partial charge in [0.2, 0.25) is 0 Å². The third-order valence-corrected chi connectivity index (χ3v) is 5.79. The van der Waals surface area contributed by atoms with Crippen LogP contribution in [0.2, 0.25) is 25.7 Å². The van der Waals surface area contributed by atoms with E-state index >= 15 is 0 Å². The molecule has 5 atom stereocenters. The molecule has 1 rings (SSSR count). The topological polar surface area (TPSA) is 124 Å². The van der Waals surface area contributed by atoms with Crippen LogP contribution in [0.25, 0.3) is 0 Å². The minimum Gasteiger partial charge on any atom is -0.463 e. The number of hydrogen-bond donors (Lipinski definition) is 0. The molecule has 0 aliphatic carbocycles. The lowest BCUT2D eigenvalue weighted by atomic mass is 9.98. The van der Waals surface area contributed by atoms with Crippen LogP contribution in [0.1, 0.15) is 27.7 Å². The zero-order valence-corrected chi connectivity index (χ0v) is 19.6. The van der Waals surface area contributed by atoms with Crippen LogP contribution in [0, 0.1) is 0 Å². The minimum absolute atomic E-state index is 0.272. The van der Waals surface area contributed by atoms with E-state index in [9.17, 15) is 19.2 Å². The molecule has 0 unspecified atom stereocenters. The van der Waals surface area contributed by atoms with Crippen LogP contribution in [0.4, 0.5) is 0 Å². The Morgan fingerprint density at radius 3 is 1.73 bits per heavy atom. The summed E-state index contributed by atoms with van der Waals surface area (Å²) in [5.41, 5.74) is 0. The molecule has 10 nitrogen and oxygen atoms in total. The van der Waals surface area contributed by atoms with Gasteiger partial charge in [-0.25, -0.2) is 0 Å². The van der Waals surface area contributed by atoms with Gasteiger partial charge in [0.25, 0.3) is 0 Å². The van der Waals surface area contributed by atoms with Crippen LogP contribution < -0.4 is 0 Å². The fraction of sp³-hybridized carbons (Fsp3) is 0.789.